The van der Waals surface area contributed by atoms with Crippen LogP contribution < -0.4 is 5.73 Å². The highest BCUT2D eigenvalue weighted by molar-refractivity contribution is 5.90. The van der Waals surface area contributed by atoms with E-state index in [2.05, 4.69) is 4.98 Å². The Bertz CT molecular complexity index is 318. The lowest BCUT2D eigenvalue weighted by Crippen LogP contribution is -2.14. The van der Waals surface area contributed by atoms with Gasteiger partial charge < -0.3 is 5.73 Å². The van der Waals surface area contributed by atoms with Gasteiger partial charge in [0.2, 0.25) is 0 Å². The number of hydrogen-bond donors (Lipinski definition) is 1. The summed E-state index contributed by atoms with van der Waals surface area (Å²) in [6.07, 6.45) is -3.87. The quantitative estimate of drug-likeness (QED) is 0.723. The van der Waals surface area contributed by atoms with Crippen LogP contribution in [0.3, 0.4) is 0 Å². The van der Waals surface area contributed by atoms with Crippen molar-refractivity contribution in [2.24, 2.45) is 5.73 Å². The molecule has 0 saturated heterocycles. The monoisotopic (exact) mass is 190 g/mol. The van der Waals surface area contributed by atoms with Crippen LogP contribution in [0, 0.1) is 0 Å². The molecule has 0 aliphatic heterocycles. The summed E-state index contributed by atoms with van der Waals surface area (Å²) >= 11 is 0. The third kappa shape index (κ3) is 2.17. The van der Waals surface area contributed by atoms with E-state index in [4.69, 9.17) is 5.73 Å². The van der Waals surface area contributed by atoms with Crippen LogP contribution in [0.15, 0.2) is 18.3 Å². The third-order valence-corrected chi connectivity index (χ3v) is 1.34. The Morgan fingerprint density at radius 3 is 2.31 bits per heavy atom. The fourth-order valence-electron chi connectivity index (χ4n) is 0.707. The minimum Gasteiger partial charge on any atom is -0.364 e. The highest BCUT2D eigenvalue weighted by Crippen LogP contribution is 2.28. The van der Waals surface area contributed by atoms with Crippen molar-refractivity contribution in [1.29, 1.82) is 0 Å². The van der Waals surface area contributed by atoms with Crippen molar-refractivity contribution < 1.29 is 18.0 Å². The second-order valence-corrected chi connectivity index (χ2v) is 2.29. The summed E-state index contributed by atoms with van der Waals surface area (Å²) in [5, 5.41) is 0. The normalized spacial score (nSPS) is 11.3. The molecular formula is C7H5F3N2O. The molecule has 0 atom stereocenters. The Labute approximate surface area is 71.4 Å². The predicted molar refractivity (Wildman–Crippen MR) is 37.8 cm³/mol. The number of carbonyl (C=O) groups is 1. The van der Waals surface area contributed by atoms with Crippen LogP contribution in [-0.2, 0) is 6.18 Å². The largest absolute Gasteiger partial charge is 0.417 e. The SMILES string of the molecule is NC(=O)c1ccc(C(F)(F)F)cn1. The molecular weight excluding hydrogens is 185 g/mol. The average Bonchev–Trinajstić information content (AvgIpc) is 2.03. The first kappa shape index (κ1) is 9.50. The number of primary amides is 1. The second-order valence-electron chi connectivity index (χ2n) is 2.29. The number of halogens is 3. The lowest BCUT2D eigenvalue weighted by atomic mass is 10.2. The first-order valence-corrected chi connectivity index (χ1v) is 3.24. The molecule has 2 N–H and O–H groups in total. The predicted octanol–water partition coefficient (Wildman–Crippen LogP) is 1.20. The number of nitrogens with two attached hydrogens (primary N) is 1. The average molecular weight is 190 g/mol. The van der Waals surface area contributed by atoms with Crippen LogP contribution in [0.25, 0.3) is 0 Å². The van der Waals surface area contributed by atoms with Crippen molar-refractivity contribution in [3.05, 3.63) is 29.6 Å². The highest BCUT2D eigenvalue weighted by atomic mass is 19.4. The van der Waals surface area contributed by atoms with Gasteiger partial charge in [-0.3, -0.25) is 9.78 Å². The summed E-state index contributed by atoms with van der Waals surface area (Å²) in [6.45, 7) is 0. The lowest BCUT2D eigenvalue weighted by molar-refractivity contribution is -0.137. The number of alkyl halides is 3. The molecule has 0 aliphatic rings. The fraction of sp³-hybridized carbons (Fsp3) is 0.143. The van der Waals surface area contributed by atoms with Gasteiger partial charge in [-0.05, 0) is 12.1 Å². The van der Waals surface area contributed by atoms with E-state index in [1.807, 2.05) is 0 Å². The first-order chi connectivity index (χ1) is 5.91. The molecule has 0 bridgehead atoms. The molecule has 1 amide bonds. The molecule has 1 aromatic rings. The van der Waals surface area contributed by atoms with Crippen molar-refractivity contribution in [3.8, 4) is 0 Å². The van der Waals surface area contributed by atoms with Gasteiger partial charge in [0.25, 0.3) is 5.91 Å². The van der Waals surface area contributed by atoms with E-state index in [0.717, 1.165) is 12.1 Å². The minimum absolute atomic E-state index is 0.187. The van der Waals surface area contributed by atoms with Gasteiger partial charge in [-0.2, -0.15) is 13.2 Å². The van der Waals surface area contributed by atoms with Crippen molar-refractivity contribution in [3.63, 3.8) is 0 Å². The molecule has 0 unspecified atom stereocenters. The van der Waals surface area contributed by atoms with E-state index < -0.39 is 17.6 Å². The number of hydrogen-bond acceptors (Lipinski definition) is 2. The van der Waals surface area contributed by atoms with E-state index >= 15 is 0 Å². The molecule has 1 heterocycles. The van der Waals surface area contributed by atoms with E-state index in [-0.39, 0.29) is 5.69 Å². The Morgan fingerprint density at radius 1 is 1.38 bits per heavy atom. The molecule has 1 rings (SSSR count). The number of nitrogens with zero attached hydrogens (tertiary/aromatic N) is 1. The van der Waals surface area contributed by atoms with Gasteiger partial charge in [0.05, 0.1) is 5.56 Å². The van der Waals surface area contributed by atoms with Crippen molar-refractivity contribution in [1.82, 2.24) is 4.98 Å². The van der Waals surface area contributed by atoms with Gasteiger partial charge in [-0.1, -0.05) is 0 Å². The van der Waals surface area contributed by atoms with Gasteiger partial charge >= 0.3 is 6.18 Å². The fourth-order valence-corrected chi connectivity index (χ4v) is 0.707. The zero-order valence-electron chi connectivity index (χ0n) is 6.30. The topological polar surface area (TPSA) is 56.0 Å². The molecule has 0 aromatic carbocycles. The molecule has 1 aromatic heterocycles. The maximum absolute atomic E-state index is 12.0. The molecule has 0 spiro atoms. The molecule has 0 aliphatic carbocycles. The summed E-state index contributed by atoms with van der Waals surface area (Å²) in [4.78, 5) is 13.7. The van der Waals surface area contributed by atoms with Crippen molar-refractivity contribution >= 4 is 5.91 Å². The zero-order chi connectivity index (χ0) is 10.1. The summed E-state index contributed by atoms with van der Waals surface area (Å²) < 4.78 is 35.9. The van der Waals surface area contributed by atoms with Gasteiger partial charge in [-0.25, -0.2) is 0 Å². The van der Waals surface area contributed by atoms with E-state index in [9.17, 15) is 18.0 Å². The molecule has 6 heteroatoms. The standard InChI is InChI=1S/C7H5F3N2O/c8-7(9,10)4-1-2-5(6(11)13)12-3-4/h1-3H,(H2,11,13). The van der Waals surface area contributed by atoms with Crippen LogP contribution in [0.1, 0.15) is 16.1 Å². The molecule has 13 heavy (non-hydrogen) atoms. The lowest BCUT2D eigenvalue weighted by Gasteiger charge is -2.05. The van der Waals surface area contributed by atoms with Crippen LogP contribution in [-0.4, -0.2) is 10.9 Å². The smallest absolute Gasteiger partial charge is 0.364 e. The maximum Gasteiger partial charge on any atom is 0.417 e. The van der Waals surface area contributed by atoms with Crippen LogP contribution >= 0.6 is 0 Å². The van der Waals surface area contributed by atoms with Gasteiger partial charge in [-0.15, -0.1) is 0 Å². The second kappa shape index (κ2) is 3.04. The summed E-state index contributed by atoms with van der Waals surface area (Å²) in [6, 6.07) is 1.69. The molecule has 0 fully saturated rings. The van der Waals surface area contributed by atoms with E-state index in [1.165, 1.54) is 0 Å². The van der Waals surface area contributed by atoms with Gasteiger partial charge in [0.1, 0.15) is 5.69 Å². The minimum atomic E-state index is -4.44. The van der Waals surface area contributed by atoms with Crippen LogP contribution in [0.4, 0.5) is 13.2 Å². The van der Waals surface area contributed by atoms with Gasteiger partial charge in [0.15, 0.2) is 0 Å². The van der Waals surface area contributed by atoms with Crippen LogP contribution in [0.2, 0.25) is 0 Å². The number of amides is 1. The van der Waals surface area contributed by atoms with Crippen molar-refractivity contribution in [2.45, 2.75) is 6.18 Å². The van der Waals surface area contributed by atoms with E-state index in [1.54, 1.807) is 0 Å². The Balaban J connectivity index is 3.01. The van der Waals surface area contributed by atoms with Crippen LogP contribution in [0.5, 0.6) is 0 Å². The summed E-state index contributed by atoms with van der Waals surface area (Å²) in [5.74, 6) is -0.853. The molecule has 0 radical (unpaired) electrons. The number of rotatable bonds is 1. The summed E-state index contributed by atoms with van der Waals surface area (Å²) in [5.41, 5.74) is 3.70. The zero-order valence-corrected chi connectivity index (χ0v) is 6.30. The Morgan fingerprint density at radius 2 is 2.00 bits per heavy atom. The molecule has 0 saturated carbocycles. The third-order valence-electron chi connectivity index (χ3n) is 1.34. The van der Waals surface area contributed by atoms with Crippen molar-refractivity contribution in [2.75, 3.05) is 0 Å². The molecule has 3 nitrogen and oxygen atoms in total. The molecule has 70 valence electrons. The maximum atomic E-state index is 12.0. The Kier molecular flexibility index (Phi) is 2.22. The van der Waals surface area contributed by atoms with E-state index in [0.29, 0.717) is 6.20 Å². The number of carbonyl (C=O) groups excluding carboxylic acids is 1. The summed E-state index contributed by atoms with van der Waals surface area (Å²) in [7, 11) is 0. The van der Waals surface area contributed by atoms with Gasteiger partial charge in [0, 0.05) is 6.20 Å². The Hall–Kier alpha value is -1.59. The number of pyridine rings is 1. The first-order valence-electron chi connectivity index (χ1n) is 3.24. The highest BCUT2D eigenvalue weighted by Gasteiger charge is 2.30. The number of aromatic nitrogens is 1.